The van der Waals surface area contributed by atoms with E-state index in [1.54, 1.807) is 54.6 Å². The number of rotatable bonds is 6. The van der Waals surface area contributed by atoms with Gasteiger partial charge < -0.3 is 37.2 Å². The molecule has 4 unspecified atom stereocenters. The third-order valence-electron chi connectivity index (χ3n) is 12.0. The van der Waals surface area contributed by atoms with Crippen molar-refractivity contribution in [3.8, 4) is 0 Å². The largest absolute Gasteiger partial charge is 0.343 e. The lowest BCUT2D eigenvalue weighted by Crippen LogP contribution is -2.65. The Morgan fingerprint density at radius 1 is 0.471 bits per heavy atom. The van der Waals surface area contributed by atoms with Gasteiger partial charge in [0.1, 0.15) is 34.7 Å². The van der Waals surface area contributed by atoms with Crippen molar-refractivity contribution < 1.29 is 43.2 Å². The standard InChI is InChI=1S/C52H63N7O9/c1-30-42(62)56-50(5,6)46(66)53-31(2)43(63)57-52(9,10)48(68)55-39(28-32-20-24-36(25-21-32)41(61)35-17-12-11-13-18-35)45(65)59-49(3,4)40(60)29-38(44(64)58-51(7,8)47(67)54-30)27-33-22-23-34-16-14-15-19-37(34)26-33/h11-26,30-31,38-39H,27-29H2,1-10H3,(H,53,66)(H,54,67)(H,55,68)(H,56,62)(H,57,63)(H,58,64)(H,59,65). The predicted octanol–water partition coefficient (Wildman–Crippen LogP) is 3.52. The van der Waals surface area contributed by atoms with Gasteiger partial charge in [0.15, 0.2) is 11.6 Å². The number of Topliss-reactive ketones (excluding diaryl/α,β-unsaturated/α-hetero) is 1. The first-order chi connectivity index (χ1) is 31.7. The SMILES string of the molecule is CC1NC(=O)C(C)(C)NC(=O)C(Cc2ccc3ccccc3c2)CC(=O)C(C)(C)NC(=O)C(Cc2ccc(C(=O)c3ccccc3)cc2)NC(=O)C(C)(C)NC(=O)C(C)NC(=O)C(C)(C)NC1=O. The first-order valence-electron chi connectivity index (χ1n) is 22.6. The van der Waals surface area contributed by atoms with Crippen LogP contribution in [0, 0.1) is 5.92 Å². The summed E-state index contributed by atoms with van der Waals surface area (Å²) in [4.78, 5) is 125. The van der Waals surface area contributed by atoms with Gasteiger partial charge >= 0.3 is 0 Å². The molecular weight excluding hydrogens is 867 g/mol. The van der Waals surface area contributed by atoms with Crippen LogP contribution in [0.2, 0.25) is 0 Å². The van der Waals surface area contributed by atoms with Crippen LogP contribution in [0.15, 0.2) is 97.1 Å². The lowest BCUT2D eigenvalue weighted by molar-refractivity contribution is -0.140. The van der Waals surface area contributed by atoms with Crippen molar-refractivity contribution in [2.24, 2.45) is 5.92 Å². The van der Waals surface area contributed by atoms with Crippen LogP contribution >= 0.6 is 0 Å². The Balaban J connectivity index is 1.51. The number of ketones is 2. The Morgan fingerprint density at radius 3 is 1.46 bits per heavy atom. The second-order valence-corrected chi connectivity index (χ2v) is 19.7. The zero-order valence-electron chi connectivity index (χ0n) is 40.3. The molecule has 16 nitrogen and oxygen atoms in total. The fourth-order valence-electron chi connectivity index (χ4n) is 7.48. The van der Waals surface area contributed by atoms with E-state index in [4.69, 9.17) is 0 Å². The molecular formula is C52H63N7O9. The van der Waals surface area contributed by atoms with Crippen molar-refractivity contribution in [2.75, 3.05) is 0 Å². The molecule has 4 atom stereocenters. The molecule has 1 saturated heterocycles. The smallest absolute Gasteiger partial charge is 0.245 e. The van der Waals surface area contributed by atoms with E-state index < -0.39 is 93.3 Å². The lowest BCUT2D eigenvalue weighted by Gasteiger charge is -2.33. The van der Waals surface area contributed by atoms with Crippen LogP contribution in [0.25, 0.3) is 10.8 Å². The van der Waals surface area contributed by atoms with E-state index in [0.29, 0.717) is 16.7 Å². The Morgan fingerprint density at radius 2 is 0.912 bits per heavy atom. The number of fused-ring (bicyclic) bond motifs is 1. The molecule has 0 aliphatic carbocycles. The summed E-state index contributed by atoms with van der Waals surface area (Å²) in [6.07, 6.45) is -0.423. The summed E-state index contributed by atoms with van der Waals surface area (Å²) in [7, 11) is 0. The maximum Gasteiger partial charge on any atom is 0.245 e. The monoisotopic (exact) mass is 929 g/mol. The summed E-state index contributed by atoms with van der Waals surface area (Å²) >= 11 is 0. The fraction of sp³-hybridized carbons (Fsp3) is 0.404. The summed E-state index contributed by atoms with van der Waals surface area (Å²) in [6, 6.07) is 24.8. The average Bonchev–Trinajstić information content (AvgIpc) is 3.27. The molecule has 16 heteroatoms. The molecule has 0 spiro atoms. The van der Waals surface area contributed by atoms with Crippen LogP contribution in [0.4, 0.5) is 0 Å². The normalized spacial score (nSPS) is 23.0. The van der Waals surface area contributed by atoms with E-state index in [2.05, 4.69) is 37.2 Å². The molecule has 5 rings (SSSR count). The van der Waals surface area contributed by atoms with Gasteiger partial charge in [-0.05, 0) is 97.6 Å². The van der Waals surface area contributed by atoms with Gasteiger partial charge in [0.2, 0.25) is 41.4 Å². The minimum absolute atomic E-state index is 0.0704. The highest BCUT2D eigenvalue weighted by Gasteiger charge is 2.41. The number of benzene rings is 4. The van der Waals surface area contributed by atoms with Crippen LogP contribution in [0.1, 0.15) is 103 Å². The summed E-state index contributed by atoms with van der Waals surface area (Å²) in [6.45, 7) is 14.3. The molecule has 1 aliphatic heterocycles. The van der Waals surface area contributed by atoms with E-state index in [9.17, 15) is 43.2 Å². The average molecular weight is 930 g/mol. The first kappa shape index (κ1) is 51.7. The van der Waals surface area contributed by atoms with E-state index >= 15 is 0 Å². The molecule has 0 saturated carbocycles. The Kier molecular flexibility index (Phi) is 15.8. The maximum atomic E-state index is 14.4. The van der Waals surface area contributed by atoms with Gasteiger partial charge in [0, 0.05) is 29.9 Å². The van der Waals surface area contributed by atoms with Crippen LogP contribution in [-0.4, -0.2) is 93.2 Å². The number of amides is 7. The van der Waals surface area contributed by atoms with Gasteiger partial charge in [-0.3, -0.25) is 43.2 Å². The van der Waals surface area contributed by atoms with E-state index in [0.717, 1.165) is 16.3 Å². The molecule has 0 radical (unpaired) electrons. The number of hydrogen-bond donors (Lipinski definition) is 7. The van der Waals surface area contributed by atoms with Gasteiger partial charge in [-0.1, -0.05) is 97.1 Å². The quantitative estimate of drug-likeness (QED) is 0.140. The van der Waals surface area contributed by atoms with Crippen molar-refractivity contribution in [3.63, 3.8) is 0 Å². The number of nitrogens with one attached hydrogen (secondary N) is 7. The zero-order chi connectivity index (χ0) is 50.4. The topological polar surface area (TPSA) is 238 Å². The number of carbonyl (C=O) groups is 9. The Labute approximate surface area is 396 Å². The molecule has 4 aromatic rings. The van der Waals surface area contributed by atoms with Gasteiger partial charge in [0.25, 0.3) is 0 Å². The van der Waals surface area contributed by atoms with Crippen LogP contribution in [0.5, 0.6) is 0 Å². The van der Waals surface area contributed by atoms with Gasteiger partial charge in [-0.2, -0.15) is 0 Å². The van der Waals surface area contributed by atoms with Crippen molar-refractivity contribution in [3.05, 3.63) is 119 Å². The van der Waals surface area contributed by atoms with Crippen molar-refractivity contribution >= 4 is 63.7 Å². The Hall–Kier alpha value is -7.23. The summed E-state index contributed by atoms with van der Waals surface area (Å²) in [5.74, 6) is -6.96. The molecule has 1 aliphatic rings. The van der Waals surface area contributed by atoms with Crippen LogP contribution in [0.3, 0.4) is 0 Å². The third kappa shape index (κ3) is 13.0. The van der Waals surface area contributed by atoms with E-state index in [-0.39, 0.29) is 25.0 Å². The first-order valence-corrected chi connectivity index (χ1v) is 22.6. The molecule has 0 aromatic heterocycles. The van der Waals surface area contributed by atoms with E-state index in [1.165, 1.54) is 69.2 Å². The number of carbonyl (C=O) groups excluding carboxylic acids is 9. The third-order valence-corrected chi connectivity index (χ3v) is 12.0. The second kappa shape index (κ2) is 20.7. The highest BCUT2D eigenvalue weighted by atomic mass is 16.2. The van der Waals surface area contributed by atoms with Gasteiger partial charge in [0.05, 0.1) is 5.54 Å². The molecule has 7 N–H and O–H groups in total. The van der Waals surface area contributed by atoms with Gasteiger partial charge in [-0.25, -0.2) is 0 Å². The van der Waals surface area contributed by atoms with Crippen LogP contribution < -0.4 is 37.2 Å². The zero-order valence-corrected chi connectivity index (χ0v) is 40.3. The highest BCUT2D eigenvalue weighted by molar-refractivity contribution is 6.09. The highest BCUT2D eigenvalue weighted by Crippen LogP contribution is 2.23. The van der Waals surface area contributed by atoms with Crippen molar-refractivity contribution in [1.29, 1.82) is 0 Å². The molecule has 68 heavy (non-hydrogen) atoms. The minimum atomic E-state index is -1.67. The number of hydrogen-bond acceptors (Lipinski definition) is 9. The summed E-state index contributed by atoms with van der Waals surface area (Å²) < 4.78 is 0. The second-order valence-electron chi connectivity index (χ2n) is 19.7. The van der Waals surface area contributed by atoms with Crippen LogP contribution in [-0.2, 0) is 51.2 Å². The van der Waals surface area contributed by atoms with Crippen molar-refractivity contribution in [1.82, 2.24) is 37.2 Å². The van der Waals surface area contributed by atoms with E-state index in [1.807, 2.05) is 42.5 Å². The Bertz CT molecular complexity index is 2600. The van der Waals surface area contributed by atoms with Gasteiger partial charge in [-0.15, -0.1) is 0 Å². The summed E-state index contributed by atoms with van der Waals surface area (Å²) in [5.41, 5.74) is -4.35. The molecule has 4 aromatic carbocycles. The van der Waals surface area contributed by atoms with Crippen molar-refractivity contribution in [2.45, 2.75) is 129 Å². The lowest BCUT2D eigenvalue weighted by atomic mass is 9.85. The fourth-order valence-corrected chi connectivity index (χ4v) is 7.48. The molecule has 1 heterocycles. The predicted molar refractivity (Wildman–Crippen MR) is 257 cm³/mol. The minimum Gasteiger partial charge on any atom is -0.343 e. The summed E-state index contributed by atoms with van der Waals surface area (Å²) in [5, 5.41) is 20.5. The molecule has 1 fully saturated rings. The molecule has 0 bridgehead atoms. The molecule has 360 valence electrons. The maximum absolute atomic E-state index is 14.4. The molecule has 7 amide bonds.